The topological polar surface area (TPSA) is 72.2 Å². The average molecular weight is 426 g/mol. The summed E-state index contributed by atoms with van der Waals surface area (Å²) >= 11 is 12.0. The Balaban J connectivity index is 1.46. The van der Waals surface area contributed by atoms with Crippen molar-refractivity contribution in [1.82, 2.24) is 15.0 Å². The van der Waals surface area contributed by atoms with Crippen molar-refractivity contribution < 1.29 is 4.79 Å². The van der Waals surface area contributed by atoms with Crippen molar-refractivity contribution in [2.24, 2.45) is 4.99 Å². The maximum Gasteiger partial charge on any atom is 0.278 e. The van der Waals surface area contributed by atoms with E-state index in [1.54, 1.807) is 29.9 Å². The second kappa shape index (κ2) is 8.19. The van der Waals surface area contributed by atoms with Crippen LogP contribution in [0.15, 0.2) is 59.7 Å². The maximum absolute atomic E-state index is 12.6. The van der Waals surface area contributed by atoms with Crippen LogP contribution in [0.25, 0.3) is 0 Å². The molecule has 0 fully saturated rings. The summed E-state index contributed by atoms with van der Waals surface area (Å²) < 4.78 is 1.66. The molecule has 1 aromatic heterocycles. The molecule has 6 nitrogen and oxygen atoms in total. The molecule has 0 spiro atoms. The maximum atomic E-state index is 12.6. The van der Waals surface area contributed by atoms with Crippen LogP contribution in [0.5, 0.6) is 0 Å². The highest BCUT2D eigenvalue weighted by Crippen LogP contribution is 2.23. The van der Waals surface area contributed by atoms with Gasteiger partial charge in [0, 0.05) is 18.3 Å². The third-order valence-electron chi connectivity index (χ3n) is 4.64. The smallest absolute Gasteiger partial charge is 0.278 e. The van der Waals surface area contributed by atoms with Gasteiger partial charge in [0.1, 0.15) is 0 Å². The molecule has 0 bridgehead atoms. The molecule has 0 saturated carbocycles. The normalized spacial score (nSPS) is 12.9. The van der Waals surface area contributed by atoms with Crippen LogP contribution in [0, 0.1) is 6.92 Å². The molecule has 8 heteroatoms. The lowest BCUT2D eigenvalue weighted by molar-refractivity contribution is 0.102. The van der Waals surface area contributed by atoms with E-state index in [-0.39, 0.29) is 11.6 Å². The number of carbonyl (C=O) groups excluding carboxylic acids is 1. The molecule has 2 aromatic carbocycles. The van der Waals surface area contributed by atoms with E-state index in [4.69, 9.17) is 23.2 Å². The van der Waals surface area contributed by atoms with E-state index >= 15 is 0 Å². The Hall–Kier alpha value is -2.96. The molecule has 4 rings (SSSR count). The fourth-order valence-corrected chi connectivity index (χ4v) is 3.34. The molecule has 3 aromatic rings. The highest BCUT2D eigenvalue weighted by molar-refractivity contribution is 6.42. The van der Waals surface area contributed by atoms with E-state index in [0.29, 0.717) is 28.0 Å². The Morgan fingerprint density at radius 2 is 1.93 bits per heavy atom. The fraction of sp³-hybridized carbons (Fsp3) is 0.143. The monoisotopic (exact) mass is 425 g/mol. The molecule has 0 unspecified atom stereocenters. The van der Waals surface area contributed by atoms with Crippen molar-refractivity contribution in [3.05, 3.63) is 87.3 Å². The van der Waals surface area contributed by atoms with E-state index in [2.05, 4.69) is 20.6 Å². The van der Waals surface area contributed by atoms with Gasteiger partial charge in [0.25, 0.3) is 5.91 Å². The number of hydrogen-bond acceptors (Lipinski definition) is 4. The predicted molar refractivity (Wildman–Crippen MR) is 115 cm³/mol. The molecule has 0 saturated heterocycles. The van der Waals surface area contributed by atoms with E-state index in [0.717, 1.165) is 23.3 Å². The highest BCUT2D eigenvalue weighted by Gasteiger charge is 2.17. The Bertz CT molecular complexity index is 1130. The van der Waals surface area contributed by atoms with Crippen molar-refractivity contribution in [3.8, 4) is 0 Å². The van der Waals surface area contributed by atoms with Crippen LogP contribution in [0.2, 0.25) is 10.0 Å². The van der Waals surface area contributed by atoms with Gasteiger partial charge in [-0.25, -0.2) is 4.68 Å². The van der Waals surface area contributed by atoms with Gasteiger partial charge in [-0.2, -0.15) is 0 Å². The van der Waals surface area contributed by atoms with Gasteiger partial charge in [0.15, 0.2) is 5.69 Å². The number of aromatic nitrogens is 3. The van der Waals surface area contributed by atoms with Crippen LogP contribution in [-0.2, 0) is 6.54 Å². The first-order valence-corrected chi connectivity index (χ1v) is 9.74. The largest absolute Gasteiger partial charge is 0.321 e. The van der Waals surface area contributed by atoms with Crippen LogP contribution in [0.4, 0.5) is 5.69 Å². The summed E-state index contributed by atoms with van der Waals surface area (Å²) in [6.07, 6.45) is 4.64. The summed E-state index contributed by atoms with van der Waals surface area (Å²) in [5.41, 5.74) is 4.60. The Kier molecular flexibility index (Phi) is 5.47. The van der Waals surface area contributed by atoms with Gasteiger partial charge in [-0.05, 0) is 42.3 Å². The molecule has 0 aliphatic carbocycles. The minimum absolute atomic E-state index is 0.276. The van der Waals surface area contributed by atoms with Gasteiger partial charge in [-0.1, -0.05) is 52.7 Å². The predicted octanol–water partition coefficient (Wildman–Crippen LogP) is 4.90. The number of aliphatic imine (C=N–C) groups is 1. The lowest BCUT2D eigenvalue weighted by Crippen LogP contribution is -2.14. The lowest BCUT2D eigenvalue weighted by atomic mass is 10.1. The summed E-state index contributed by atoms with van der Waals surface area (Å²) in [7, 11) is 0. The summed E-state index contributed by atoms with van der Waals surface area (Å²) in [5, 5.41) is 12.0. The van der Waals surface area contributed by atoms with Crippen molar-refractivity contribution in [3.63, 3.8) is 0 Å². The fourth-order valence-electron chi connectivity index (χ4n) is 3.02. The molecule has 1 aliphatic rings. The number of nitrogens with zero attached hydrogens (tertiary/aromatic N) is 4. The van der Waals surface area contributed by atoms with Crippen LogP contribution in [0.1, 0.15) is 33.7 Å². The Morgan fingerprint density at radius 1 is 1.14 bits per heavy atom. The van der Waals surface area contributed by atoms with Gasteiger partial charge in [-0.15, -0.1) is 5.10 Å². The number of benzene rings is 2. The van der Waals surface area contributed by atoms with E-state index in [9.17, 15) is 4.79 Å². The second-order valence-electron chi connectivity index (χ2n) is 6.63. The van der Waals surface area contributed by atoms with Crippen LogP contribution >= 0.6 is 23.2 Å². The number of allylic oxidation sites excluding steroid dienone is 1. The van der Waals surface area contributed by atoms with Crippen molar-refractivity contribution in [2.45, 2.75) is 19.9 Å². The van der Waals surface area contributed by atoms with Crippen molar-refractivity contribution in [1.29, 1.82) is 0 Å². The zero-order valence-corrected chi connectivity index (χ0v) is 17.1. The number of halogens is 2. The second-order valence-corrected chi connectivity index (χ2v) is 7.44. The Morgan fingerprint density at radius 3 is 2.62 bits per heavy atom. The van der Waals surface area contributed by atoms with Gasteiger partial charge in [0.05, 0.1) is 28.0 Å². The summed E-state index contributed by atoms with van der Waals surface area (Å²) in [5.74, 6) is -0.310. The van der Waals surface area contributed by atoms with Crippen molar-refractivity contribution in [2.75, 3.05) is 5.32 Å². The number of anilines is 1. The van der Waals surface area contributed by atoms with Gasteiger partial charge in [-0.3, -0.25) is 9.79 Å². The molecule has 2 heterocycles. The van der Waals surface area contributed by atoms with E-state index in [1.165, 1.54) is 0 Å². The molecule has 0 atom stereocenters. The molecule has 1 aliphatic heterocycles. The minimum Gasteiger partial charge on any atom is -0.321 e. The number of nitrogens with one attached hydrogen (secondary N) is 1. The molecule has 1 amide bonds. The number of carbonyl (C=O) groups is 1. The van der Waals surface area contributed by atoms with E-state index < -0.39 is 0 Å². The standard InChI is InChI=1S/C21H17Cl2N5O/c1-13-20(26-27-28(13)12-14-4-9-17(22)18(23)11-14)21(29)25-16-7-5-15(6-8-16)19-3-2-10-24-19/h2,4-11H,3,12H2,1H3,(H,25,29). The number of hydrogen-bond donors (Lipinski definition) is 1. The minimum atomic E-state index is -0.310. The van der Waals surface area contributed by atoms with Crippen LogP contribution in [-0.4, -0.2) is 26.6 Å². The van der Waals surface area contributed by atoms with Gasteiger partial charge < -0.3 is 5.32 Å². The third-order valence-corrected chi connectivity index (χ3v) is 5.38. The van der Waals surface area contributed by atoms with Crippen LogP contribution in [0.3, 0.4) is 0 Å². The summed E-state index contributed by atoms with van der Waals surface area (Å²) in [4.78, 5) is 17.0. The highest BCUT2D eigenvalue weighted by atomic mass is 35.5. The first kappa shape index (κ1) is 19.4. The molecule has 1 N–H and O–H groups in total. The molecule has 29 heavy (non-hydrogen) atoms. The zero-order valence-electron chi connectivity index (χ0n) is 15.6. The quantitative estimate of drug-likeness (QED) is 0.631. The Labute approximate surface area is 177 Å². The number of amides is 1. The summed E-state index contributed by atoms with van der Waals surface area (Å²) in [6, 6.07) is 12.9. The third kappa shape index (κ3) is 4.23. The zero-order chi connectivity index (χ0) is 20.4. The van der Waals surface area contributed by atoms with E-state index in [1.807, 2.05) is 36.4 Å². The van der Waals surface area contributed by atoms with Gasteiger partial charge in [0.2, 0.25) is 0 Å². The first-order valence-electron chi connectivity index (χ1n) is 8.99. The lowest BCUT2D eigenvalue weighted by Gasteiger charge is -2.07. The summed E-state index contributed by atoms with van der Waals surface area (Å²) in [6.45, 7) is 2.24. The van der Waals surface area contributed by atoms with Gasteiger partial charge >= 0.3 is 0 Å². The van der Waals surface area contributed by atoms with Crippen LogP contribution < -0.4 is 5.32 Å². The SMILES string of the molecule is Cc1c(C(=O)Nc2ccc(C3=NC=CC3)cc2)nnn1Cc1ccc(Cl)c(Cl)c1. The molecular weight excluding hydrogens is 409 g/mol. The molecule has 146 valence electrons. The number of rotatable bonds is 5. The van der Waals surface area contributed by atoms with Crippen molar-refractivity contribution >= 4 is 40.5 Å². The first-order chi connectivity index (χ1) is 14.0. The molecule has 0 radical (unpaired) electrons. The molecular formula is C21H17Cl2N5O. The average Bonchev–Trinajstić information content (AvgIpc) is 3.36.